The van der Waals surface area contributed by atoms with Crippen LogP contribution in [0.2, 0.25) is 0 Å². The van der Waals surface area contributed by atoms with Crippen LogP contribution in [0.5, 0.6) is 5.75 Å². The molecule has 0 N–H and O–H groups in total. The summed E-state index contributed by atoms with van der Waals surface area (Å²) < 4.78 is 10.7. The Hall–Kier alpha value is -3.14. The van der Waals surface area contributed by atoms with E-state index in [1.807, 2.05) is 69.3 Å². The molecule has 0 aliphatic carbocycles. The normalized spacial score (nSPS) is 10.6. The summed E-state index contributed by atoms with van der Waals surface area (Å²) in [6, 6.07) is 17.2. The van der Waals surface area contributed by atoms with E-state index in [4.69, 9.17) is 9.47 Å². The van der Waals surface area contributed by atoms with Crippen molar-refractivity contribution in [2.45, 2.75) is 20.8 Å². The quantitative estimate of drug-likeness (QED) is 0.476. The summed E-state index contributed by atoms with van der Waals surface area (Å²) in [5.74, 6) is -0.173. The maximum Gasteiger partial charge on any atom is 0.344 e. The van der Waals surface area contributed by atoms with Crippen LogP contribution in [-0.4, -0.2) is 25.0 Å². The van der Waals surface area contributed by atoms with Gasteiger partial charge in [0.15, 0.2) is 13.2 Å². The fraction of sp³-hybridized carbons (Fsp3) is 0.217. The van der Waals surface area contributed by atoms with Gasteiger partial charge < -0.3 is 9.47 Å². The third kappa shape index (κ3) is 4.34. The highest BCUT2D eigenvalue weighted by Crippen LogP contribution is 2.25. The predicted molar refractivity (Wildman–Crippen MR) is 105 cm³/mol. The van der Waals surface area contributed by atoms with E-state index in [-0.39, 0.29) is 19.0 Å². The number of benzene rings is 3. The van der Waals surface area contributed by atoms with E-state index < -0.39 is 5.97 Å². The third-order valence-corrected chi connectivity index (χ3v) is 4.60. The standard InChI is InChI=1S/C23H22O4/c1-15-11-17(3)20(12-16(15)2)21(24)13-27-23(25)14-26-22-10-6-8-18-7-4-5-9-19(18)22/h4-12H,13-14H2,1-3H3. The van der Waals surface area contributed by atoms with Crippen LogP contribution in [-0.2, 0) is 9.53 Å². The second-order valence-corrected chi connectivity index (χ2v) is 6.60. The number of fused-ring (bicyclic) bond motifs is 1. The minimum Gasteiger partial charge on any atom is -0.481 e. The molecule has 0 amide bonds. The molecule has 138 valence electrons. The van der Waals surface area contributed by atoms with Crippen molar-refractivity contribution in [2.24, 2.45) is 0 Å². The molecule has 0 atom stereocenters. The second kappa shape index (κ2) is 8.04. The number of aryl methyl sites for hydroxylation is 3. The minimum absolute atomic E-state index is 0.214. The lowest BCUT2D eigenvalue weighted by Gasteiger charge is -2.11. The molecule has 0 saturated heterocycles. The van der Waals surface area contributed by atoms with Crippen LogP contribution < -0.4 is 4.74 Å². The lowest BCUT2D eigenvalue weighted by molar-refractivity contribution is -0.144. The Labute approximate surface area is 158 Å². The van der Waals surface area contributed by atoms with Gasteiger partial charge in [-0.3, -0.25) is 4.79 Å². The molecule has 3 aromatic carbocycles. The van der Waals surface area contributed by atoms with Crippen LogP contribution in [0.4, 0.5) is 0 Å². The topological polar surface area (TPSA) is 52.6 Å². The first kappa shape index (κ1) is 18.6. The molecule has 4 heteroatoms. The highest BCUT2D eigenvalue weighted by Gasteiger charge is 2.14. The van der Waals surface area contributed by atoms with Crippen molar-refractivity contribution in [3.63, 3.8) is 0 Å². The van der Waals surface area contributed by atoms with E-state index in [9.17, 15) is 9.59 Å². The first-order valence-electron chi connectivity index (χ1n) is 8.83. The Morgan fingerprint density at radius 1 is 0.815 bits per heavy atom. The maximum atomic E-state index is 12.4. The van der Waals surface area contributed by atoms with Gasteiger partial charge in [0.2, 0.25) is 5.78 Å². The summed E-state index contributed by atoms with van der Waals surface area (Å²) in [7, 11) is 0. The molecular formula is C23H22O4. The summed E-state index contributed by atoms with van der Waals surface area (Å²) >= 11 is 0. The third-order valence-electron chi connectivity index (χ3n) is 4.60. The lowest BCUT2D eigenvalue weighted by Crippen LogP contribution is -2.20. The highest BCUT2D eigenvalue weighted by atomic mass is 16.6. The molecular weight excluding hydrogens is 340 g/mol. The largest absolute Gasteiger partial charge is 0.481 e. The van der Waals surface area contributed by atoms with Gasteiger partial charge in [-0.25, -0.2) is 4.79 Å². The zero-order valence-electron chi connectivity index (χ0n) is 15.7. The number of ketones is 1. The van der Waals surface area contributed by atoms with Crippen LogP contribution in [0, 0.1) is 20.8 Å². The van der Waals surface area contributed by atoms with Crippen molar-refractivity contribution in [2.75, 3.05) is 13.2 Å². The van der Waals surface area contributed by atoms with E-state index in [0.717, 1.165) is 27.5 Å². The van der Waals surface area contributed by atoms with Crippen LogP contribution in [0.25, 0.3) is 10.8 Å². The van der Waals surface area contributed by atoms with Crippen LogP contribution in [0.3, 0.4) is 0 Å². The van der Waals surface area contributed by atoms with Gasteiger partial charge >= 0.3 is 5.97 Å². The van der Waals surface area contributed by atoms with Gasteiger partial charge in [-0.05, 0) is 55.0 Å². The molecule has 0 spiro atoms. The molecule has 0 fully saturated rings. The van der Waals surface area contributed by atoms with Gasteiger partial charge in [0, 0.05) is 10.9 Å². The minimum atomic E-state index is -0.572. The van der Waals surface area contributed by atoms with E-state index in [2.05, 4.69) is 0 Å². The van der Waals surface area contributed by atoms with Gasteiger partial charge in [0.25, 0.3) is 0 Å². The first-order valence-corrected chi connectivity index (χ1v) is 8.83. The zero-order valence-corrected chi connectivity index (χ0v) is 15.7. The van der Waals surface area contributed by atoms with E-state index >= 15 is 0 Å². The number of carbonyl (C=O) groups is 2. The summed E-state index contributed by atoms with van der Waals surface area (Å²) in [4.78, 5) is 24.4. The summed E-state index contributed by atoms with van der Waals surface area (Å²) in [5, 5.41) is 1.96. The van der Waals surface area contributed by atoms with Crippen LogP contribution in [0.1, 0.15) is 27.0 Å². The Balaban J connectivity index is 1.58. The fourth-order valence-corrected chi connectivity index (χ4v) is 2.98. The molecule has 27 heavy (non-hydrogen) atoms. The van der Waals surface area contributed by atoms with Gasteiger partial charge in [-0.1, -0.05) is 42.5 Å². The average Bonchev–Trinajstić information content (AvgIpc) is 2.67. The number of esters is 1. The van der Waals surface area contributed by atoms with Gasteiger partial charge in [0.05, 0.1) is 0 Å². The van der Waals surface area contributed by atoms with E-state index in [1.165, 1.54) is 0 Å². The second-order valence-electron chi connectivity index (χ2n) is 6.60. The lowest BCUT2D eigenvalue weighted by atomic mass is 9.98. The van der Waals surface area contributed by atoms with Gasteiger partial charge in [-0.15, -0.1) is 0 Å². The molecule has 0 aliphatic rings. The fourth-order valence-electron chi connectivity index (χ4n) is 2.98. The molecule has 0 heterocycles. The van der Waals surface area contributed by atoms with Crippen LogP contribution >= 0.6 is 0 Å². The van der Waals surface area contributed by atoms with Crippen molar-refractivity contribution < 1.29 is 19.1 Å². The Morgan fingerprint density at radius 3 is 2.33 bits per heavy atom. The predicted octanol–water partition coefficient (Wildman–Crippen LogP) is 4.57. The summed E-state index contributed by atoms with van der Waals surface area (Å²) in [5.41, 5.74) is 3.63. The zero-order chi connectivity index (χ0) is 19.4. The van der Waals surface area contributed by atoms with Crippen molar-refractivity contribution >= 4 is 22.5 Å². The number of hydrogen-bond acceptors (Lipinski definition) is 4. The number of carbonyl (C=O) groups excluding carboxylic acids is 2. The molecule has 0 saturated carbocycles. The molecule has 3 aromatic rings. The van der Waals surface area contributed by atoms with Crippen molar-refractivity contribution in [1.29, 1.82) is 0 Å². The Morgan fingerprint density at radius 2 is 1.52 bits per heavy atom. The van der Waals surface area contributed by atoms with E-state index in [0.29, 0.717) is 11.3 Å². The Kier molecular flexibility index (Phi) is 5.55. The number of Topliss-reactive ketones (excluding diaryl/α,β-unsaturated/α-hetero) is 1. The molecule has 0 radical (unpaired) electrons. The van der Waals surface area contributed by atoms with Crippen molar-refractivity contribution in [1.82, 2.24) is 0 Å². The van der Waals surface area contributed by atoms with Gasteiger partial charge in [-0.2, -0.15) is 0 Å². The van der Waals surface area contributed by atoms with Gasteiger partial charge in [0.1, 0.15) is 5.75 Å². The molecule has 0 aromatic heterocycles. The van der Waals surface area contributed by atoms with Crippen molar-refractivity contribution in [3.05, 3.63) is 76.9 Å². The number of rotatable bonds is 6. The highest BCUT2D eigenvalue weighted by molar-refractivity contribution is 5.99. The average molecular weight is 362 g/mol. The smallest absolute Gasteiger partial charge is 0.344 e. The summed E-state index contributed by atoms with van der Waals surface area (Å²) in [6.07, 6.45) is 0. The van der Waals surface area contributed by atoms with Crippen molar-refractivity contribution in [3.8, 4) is 5.75 Å². The monoisotopic (exact) mass is 362 g/mol. The summed E-state index contributed by atoms with van der Waals surface area (Å²) in [6.45, 7) is 5.30. The maximum absolute atomic E-state index is 12.4. The molecule has 0 aliphatic heterocycles. The SMILES string of the molecule is Cc1cc(C)c(C(=O)COC(=O)COc2cccc3ccccc23)cc1C. The van der Waals surface area contributed by atoms with E-state index in [1.54, 1.807) is 6.07 Å². The molecule has 0 bridgehead atoms. The van der Waals surface area contributed by atoms with Crippen LogP contribution in [0.15, 0.2) is 54.6 Å². The number of hydrogen-bond donors (Lipinski definition) is 0. The number of ether oxygens (including phenoxy) is 2. The first-order chi connectivity index (χ1) is 13.0. The molecule has 4 nitrogen and oxygen atoms in total. The molecule has 3 rings (SSSR count). The Bertz CT molecular complexity index is 999. The molecule has 0 unspecified atom stereocenters.